The molecule has 0 amide bonds. The molecule has 3 aromatic rings. The van der Waals surface area contributed by atoms with Crippen molar-refractivity contribution in [3.63, 3.8) is 0 Å². The van der Waals surface area contributed by atoms with Crippen molar-refractivity contribution < 1.29 is 27.8 Å². The van der Waals surface area contributed by atoms with Crippen molar-refractivity contribution in [2.75, 3.05) is 19.8 Å². The molecule has 0 aliphatic carbocycles. The van der Waals surface area contributed by atoms with E-state index in [0.717, 1.165) is 10.9 Å². The zero-order chi connectivity index (χ0) is 19.2. The van der Waals surface area contributed by atoms with Gasteiger partial charge in [0.1, 0.15) is 36.1 Å². The van der Waals surface area contributed by atoms with E-state index in [0.29, 0.717) is 17.1 Å². The second-order valence-corrected chi connectivity index (χ2v) is 5.72. The molecular formula is C20H17FO6. The van der Waals surface area contributed by atoms with Gasteiger partial charge in [0.2, 0.25) is 0 Å². The minimum absolute atomic E-state index is 0.0331. The molecule has 6 nitrogen and oxygen atoms in total. The van der Waals surface area contributed by atoms with Crippen LogP contribution in [-0.4, -0.2) is 25.8 Å². The van der Waals surface area contributed by atoms with Crippen molar-refractivity contribution in [2.24, 2.45) is 0 Å². The van der Waals surface area contributed by atoms with Crippen LogP contribution in [0.1, 0.15) is 5.56 Å². The molecule has 0 spiro atoms. The van der Waals surface area contributed by atoms with Crippen LogP contribution in [0.2, 0.25) is 0 Å². The fraction of sp³-hybridized carbons (Fsp3) is 0.200. The Bertz CT molecular complexity index is 994. The van der Waals surface area contributed by atoms with Crippen molar-refractivity contribution in [2.45, 2.75) is 6.92 Å². The molecule has 140 valence electrons. The summed E-state index contributed by atoms with van der Waals surface area (Å²) in [5, 5.41) is 0.794. The normalized spacial score (nSPS) is 10.6. The SMILES string of the molecule is Cc1cc(=O)oc2cc(OCC(=O)OCCOc3ccc(F)cc3)ccc12. The van der Waals surface area contributed by atoms with Gasteiger partial charge in [0.05, 0.1) is 0 Å². The first-order valence-electron chi connectivity index (χ1n) is 8.22. The van der Waals surface area contributed by atoms with Gasteiger partial charge in [-0.2, -0.15) is 0 Å². The maximum absolute atomic E-state index is 12.8. The summed E-state index contributed by atoms with van der Waals surface area (Å²) in [5.74, 6) is -0.0510. The maximum Gasteiger partial charge on any atom is 0.344 e. The molecule has 1 heterocycles. The number of ether oxygens (including phenoxy) is 3. The quantitative estimate of drug-likeness (QED) is 0.360. The second-order valence-electron chi connectivity index (χ2n) is 5.72. The third-order valence-electron chi connectivity index (χ3n) is 3.71. The number of carbonyl (C=O) groups excluding carboxylic acids is 1. The highest BCUT2D eigenvalue weighted by Crippen LogP contribution is 2.22. The Balaban J connectivity index is 1.45. The summed E-state index contributed by atoms with van der Waals surface area (Å²) in [6, 6.07) is 11.9. The molecule has 0 radical (unpaired) electrons. The number of rotatable bonds is 7. The molecule has 7 heteroatoms. The van der Waals surface area contributed by atoms with Crippen LogP contribution in [0.15, 0.2) is 57.7 Å². The molecular weight excluding hydrogens is 355 g/mol. The lowest BCUT2D eigenvalue weighted by Gasteiger charge is -2.09. The lowest BCUT2D eigenvalue weighted by molar-refractivity contribution is -0.146. The summed E-state index contributed by atoms with van der Waals surface area (Å²) in [7, 11) is 0. The van der Waals surface area contributed by atoms with E-state index >= 15 is 0 Å². The number of hydrogen-bond donors (Lipinski definition) is 0. The summed E-state index contributed by atoms with van der Waals surface area (Å²) in [4.78, 5) is 23.2. The summed E-state index contributed by atoms with van der Waals surface area (Å²) in [5.41, 5.74) is 0.740. The maximum atomic E-state index is 12.8. The van der Waals surface area contributed by atoms with Crippen molar-refractivity contribution in [3.05, 3.63) is 70.3 Å². The van der Waals surface area contributed by atoms with Gasteiger partial charge in [-0.15, -0.1) is 0 Å². The number of esters is 1. The van der Waals surface area contributed by atoms with E-state index in [1.165, 1.54) is 30.3 Å². The summed E-state index contributed by atoms with van der Waals surface area (Å²) < 4.78 is 33.6. The van der Waals surface area contributed by atoms with Crippen molar-refractivity contribution in [3.8, 4) is 11.5 Å². The van der Waals surface area contributed by atoms with Crippen LogP contribution < -0.4 is 15.1 Å². The van der Waals surface area contributed by atoms with Gasteiger partial charge in [0.25, 0.3) is 0 Å². The molecule has 3 rings (SSSR count). The van der Waals surface area contributed by atoms with Crippen molar-refractivity contribution in [1.29, 1.82) is 0 Å². The van der Waals surface area contributed by atoms with E-state index in [2.05, 4.69) is 0 Å². The van der Waals surface area contributed by atoms with Crippen LogP contribution in [0.25, 0.3) is 11.0 Å². The van der Waals surface area contributed by atoms with Crippen LogP contribution in [-0.2, 0) is 9.53 Å². The van der Waals surface area contributed by atoms with Gasteiger partial charge in [-0.25, -0.2) is 14.0 Å². The number of aryl methyl sites for hydroxylation is 1. The Morgan fingerprint density at radius 3 is 2.52 bits per heavy atom. The fourth-order valence-electron chi connectivity index (χ4n) is 2.42. The van der Waals surface area contributed by atoms with E-state index in [4.69, 9.17) is 18.6 Å². The van der Waals surface area contributed by atoms with Crippen molar-refractivity contribution >= 4 is 16.9 Å². The topological polar surface area (TPSA) is 75.0 Å². The fourth-order valence-corrected chi connectivity index (χ4v) is 2.42. The third-order valence-corrected chi connectivity index (χ3v) is 3.71. The zero-order valence-electron chi connectivity index (χ0n) is 14.6. The molecule has 27 heavy (non-hydrogen) atoms. The molecule has 1 aromatic heterocycles. The number of benzene rings is 2. The number of hydrogen-bond acceptors (Lipinski definition) is 6. The zero-order valence-corrected chi connectivity index (χ0v) is 14.6. The van der Waals surface area contributed by atoms with Gasteiger partial charge in [-0.05, 0) is 48.9 Å². The predicted molar refractivity (Wildman–Crippen MR) is 95.6 cm³/mol. The molecule has 0 unspecified atom stereocenters. The standard InChI is InChI=1S/C20H17FO6/c1-13-10-19(22)27-18-11-16(6-7-17(13)18)26-12-20(23)25-9-8-24-15-4-2-14(21)3-5-15/h2-7,10-11H,8-9,12H2,1H3. The Morgan fingerprint density at radius 2 is 1.74 bits per heavy atom. The largest absolute Gasteiger partial charge is 0.490 e. The van der Waals surface area contributed by atoms with Crippen LogP contribution in [0.5, 0.6) is 11.5 Å². The van der Waals surface area contributed by atoms with E-state index in [1.807, 2.05) is 6.92 Å². The van der Waals surface area contributed by atoms with E-state index in [9.17, 15) is 14.0 Å². The first-order chi connectivity index (χ1) is 13.0. The van der Waals surface area contributed by atoms with Gasteiger partial charge in [0.15, 0.2) is 6.61 Å². The van der Waals surface area contributed by atoms with Gasteiger partial charge >= 0.3 is 11.6 Å². The monoisotopic (exact) mass is 372 g/mol. The number of carbonyl (C=O) groups is 1. The first kappa shape index (κ1) is 18.4. The molecule has 0 aliphatic rings. The molecule has 0 saturated carbocycles. The molecule has 0 N–H and O–H groups in total. The van der Waals surface area contributed by atoms with E-state index in [1.54, 1.807) is 18.2 Å². The molecule has 0 aliphatic heterocycles. The van der Waals surface area contributed by atoms with E-state index < -0.39 is 11.6 Å². The number of halogens is 1. The Kier molecular flexibility index (Phi) is 5.71. The highest BCUT2D eigenvalue weighted by molar-refractivity contribution is 5.81. The molecule has 0 fully saturated rings. The minimum Gasteiger partial charge on any atom is -0.490 e. The first-order valence-corrected chi connectivity index (χ1v) is 8.22. The van der Waals surface area contributed by atoms with E-state index in [-0.39, 0.29) is 25.6 Å². The molecule has 0 saturated heterocycles. The van der Waals surface area contributed by atoms with Gasteiger partial charge in [0, 0.05) is 17.5 Å². The summed E-state index contributed by atoms with van der Waals surface area (Å²) >= 11 is 0. The van der Waals surface area contributed by atoms with Gasteiger partial charge < -0.3 is 18.6 Å². The molecule has 0 bridgehead atoms. The van der Waals surface area contributed by atoms with Gasteiger partial charge in [-0.1, -0.05) is 0 Å². The van der Waals surface area contributed by atoms with Crippen LogP contribution >= 0.6 is 0 Å². The highest BCUT2D eigenvalue weighted by Gasteiger charge is 2.07. The lowest BCUT2D eigenvalue weighted by atomic mass is 10.1. The third kappa shape index (κ3) is 5.07. The Labute approximate surface area is 154 Å². The predicted octanol–water partition coefficient (Wildman–Crippen LogP) is 3.24. The van der Waals surface area contributed by atoms with Crippen LogP contribution in [0, 0.1) is 12.7 Å². The average Bonchev–Trinajstić information content (AvgIpc) is 2.64. The summed E-state index contributed by atoms with van der Waals surface area (Å²) in [6.07, 6.45) is 0. The number of fused-ring (bicyclic) bond motifs is 1. The van der Waals surface area contributed by atoms with Crippen LogP contribution in [0.4, 0.5) is 4.39 Å². The smallest absolute Gasteiger partial charge is 0.344 e. The summed E-state index contributed by atoms with van der Waals surface area (Å²) in [6.45, 7) is 1.69. The molecule has 0 atom stereocenters. The Morgan fingerprint density at radius 1 is 1.00 bits per heavy atom. The van der Waals surface area contributed by atoms with Crippen molar-refractivity contribution in [1.82, 2.24) is 0 Å². The average molecular weight is 372 g/mol. The molecule has 2 aromatic carbocycles. The lowest BCUT2D eigenvalue weighted by Crippen LogP contribution is -2.18. The Hall–Kier alpha value is -3.35. The second kappa shape index (κ2) is 8.35. The minimum atomic E-state index is -0.566. The highest BCUT2D eigenvalue weighted by atomic mass is 19.1. The van der Waals surface area contributed by atoms with Gasteiger partial charge in [-0.3, -0.25) is 0 Å². The van der Waals surface area contributed by atoms with Crippen LogP contribution in [0.3, 0.4) is 0 Å².